The van der Waals surface area contributed by atoms with Gasteiger partial charge in [0.1, 0.15) is 19.3 Å². The number of hydrogen-bond donors (Lipinski definition) is 3. The Morgan fingerprint density at radius 2 is 0.455 bits per heavy atom. The number of aliphatic hydroxyl groups is 1. The van der Waals surface area contributed by atoms with Crippen molar-refractivity contribution in [3.8, 4) is 0 Å². The number of aliphatic hydroxyl groups excluding tert-OH is 1. The molecule has 0 saturated carbocycles. The molecule has 5 atom stereocenters. The lowest BCUT2D eigenvalue weighted by molar-refractivity contribution is -0.161. The molecule has 0 aromatic carbocycles. The minimum Gasteiger partial charge on any atom is -0.462 e. The van der Waals surface area contributed by atoms with Crippen LogP contribution in [0.25, 0.3) is 0 Å². The molecular formula is C82H160O17P2. The molecule has 0 saturated heterocycles. The van der Waals surface area contributed by atoms with E-state index in [2.05, 4.69) is 41.5 Å². The van der Waals surface area contributed by atoms with Crippen molar-refractivity contribution >= 4 is 39.5 Å². The predicted molar refractivity (Wildman–Crippen MR) is 414 cm³/mol. The maximum atomic E-state index is 13.1. The van der Waals surface area contributed by atoms with Gasteiger partial charge in [0, 0.05) is 25.7 Å². The molecule has 17 nitrogen and oxygen atoms in total. The molecule has 0 bridgehead atoms. The summed E-state index contributed by atoms with van der Waals surface area (Å²) in [5.74, 6) is -0.546. The van der Waals surface area contributed by atoms with Crippen LogP contribution in [0.1, 0.15) is 433 Å². The highest BCUT2D eigenvalue weighted by molar-refractivity contribution is 7.47. The second kappa shape index (κ2) is 73.6. The van der Waals surface area contributed by atoms with Crippen LogP contribution >= 0.6 is 15.6 Å². The van der Waals surface area contributed by atoms with Gasteiger partial charge in [0.15, 0.2) is 12.2 Å². The Bertz CT molecular complexity index is 1940. The quantitative estimate of drug-likeness (QED) is 0.0222. The van der Waals surface area contributed by atoms with Crippen LogP contribution in [-0.4, -0.2) is 96.7 Å². The molecule has 0 fully saturated rings. The number of esters is 4. The van der Waals surface area contributed by atoms with Crippen molar-refractivity contribution in [3.63, 3.8) is 0 Å². The van der Waals surface area contributed by atoms with E-state index in [1.54, 1.807) is 0 Å². The van der Waals surface area contributed by atoms with Crippen molar-refractivity contribution in [2.24, 2.45) is 11.8 Å². The lowest BCUT2D eigenvalue weighted by Gasteiger charge is -2.21. The van der Waals surface area contributed by atoms with Crippen molar-refractivity contribution < 1.29 is 80.2 Å². The van der Waals surface area contributed by atoms with E-state index in [0.717, 1.165) is 108 Å². The molecule has 0 aromatic heterocycles. The molecule has 0 heterocycles. The Balaban J connectivity index is 5.18. The number of phosphoric acid groups is 2. The molecule has 0 rings (SSSR count). The number of unbranched alkanes of at least 4 members (excludes halogenated alkanes) is 51. The first-order chi connectivity index (χ1) is 48.9. The van der Waals surface area contributed by atoms with Crippen LogP contribution in [0.3, 0.4) is 0 Å². The lowest BCUT2D eigenvalue weighted by Crippen LogP contribution is -2.30. The monoisotopic (exact) mass is 1480 g/mol. The molecule has 2 unspecified atom stereocenters. The first-order valence-electron chi connectivity index (χ1n) is 42.5. The largest absolute Gasteiger partial charge is 0.472 e. The fourth-order valence-corrected chi connectivity index (χ4v) is 14.3. The molecule has 0 aromatic rings. The van der Waals surface area contributed by atoms with E-state index in [-0.39, 0.29) is 25.7 Å². The summed E-state index contributed by atoms with van der Waals surface area (Å²) in [5, 5.41) is 10.6. The van der Waals surface area contributed by atoms with Crippen molar-refractivity contribution in [3.05, 3.63) is 0 Å². The average molecular weight is 1480 g/mol. The first-order valence-corrected chi connectivity index (χ1v) is 45.5. The second-order valence-corrected chi connectivity index (χ2v) is 33.4. The van der Waals surface area contributed by atoms with Gasteiger partial charge in [0.25, 0.3) is 0 Å². The summed E-state index contributed by atoms with van der Waals surface area (Å²) in [5.41, 5.74) is 0. The Morgan fingerprint density at radius 3 is 0.673 bits per heavy atom. The van der Waals surface area contributed by atoms with Crippen LogP contribution in [-0.2, 0) is 65.4 Å². The molecule has 0 aliphatic heterocycles. The molecule has 0 radical (unpaired) electrons. The molecule has 0 aliphatic carbocycles. The normalized spacial score (nSPS) is 13.9. The van der Waals surface area contributed by atoms with E-state index in [1.165, 1.54) is 244 Å². The third-order valence-electron chi connectivity index (χ3n) is 19.2. The summed E-state index contributed by atoms with van der Waals surface area (Å²) in [7, 11) is -9.92. The number of carbonyl (C=O) groups excluding carboxylic acids is 4. The first kappa shape index (κ1) is 99.1. The number of rotatable bonds is 81. The van der Waals surface area contributed by atoms with Gasteiger partial charge in [0.05, 0.1) is 26.4 Å². The van der Waals surface area contributed by atoms with E-state index in [4.69, 9.17) is 37.0 Å². The molecule has 0 amide bonds. The molecular weight excluding hydrogens is 1320 g/mol. The zero-order valence-electron chi connectivity index (χ0n) is 66.2. The van der Waals surface area contributed by atoms with Crippen molar-refractivity contribution in [2.45, 2.75) is 452 Å². The summed E-state index contributed by atoms with van der Waals surface area (Å²) >= 11 is 0. The summed E-state index contributed by atoms with van der Waals surface area (Å²) in [6, 6.07) is 0. The van der Waals surface area contributed by atoms with Gasteiger partial charge in [0.2, 0.25) is 0 Å². The van der Waals surface area contributed by atoms with Crippen molar-refractivity contribution in [1.29, 1.82) is 0 Å². The topological polar surface area (TPSA) is 237 Å². The summed E-state index contributed by atoms with van der Waals surface area (Å²) < 4.78 is 68.7. The maximum absolute atomic E-state index is 13.1. The minimum atomic E-state index is -4.96. The van der Waals surface area contributed by atoms with E-state index < -0.39 is 97.5 Å². The highest BCUT2D eigenvalue weighted by atomic mass is 31.2. The molecule has 3 N–H and O–H groups in total. The Morgan fingerprint density at radius 1 is 0.267 bits per heavy atom. The van der Waals surface area contributed by atoms with Gasteiger partial charge < -0.3 is 33.8 Å². The van der Waals surface area contributed by atoms with Gasteiger partial charge in [-0.2, -0.15) is 0 Å². The fourth-order valence-electron chi connectivity index (χ4n) is 12.7. The lowest BCUT2D eigenvalue weighted by atomic mass is 10.0. The highest BCUT2D eigenvalue weighted by Gasteiger charge is 2.30. The standard InChI is InChI=1S/C82H160O17P2/c1-7-9-11-13-15-17-18-19-20-21-22-23-24-25-30-33-36-42-48-54-60-66-81(86)99-78(71-93-80(85)65-59-53-47-41-35-32-29-27-26-28-31-34-39-44-50-56-62-74(3)4)73-97-101(90,91)95-69-76(83)68-94-100(88,89)96-72-77(70-92-79(84)64-58-52-46-16-14-12-10-8-2)98-82(87)67-61-55-49-43-38-37-40-45-51-57-63-75(5)6/h74-78,83H,7-73H2,1-6H3,(H,88,89)(H,90,91)/t76-,77+,78+/m0/s1. The van der Waals surface area contributed by atoms with Crippen LogP contribution in [0.15, 0.2) is 0 Å². The number of carbonyl (C=O) groups is 4. The Kier molecular flexibility index (Phi) is 72.2. The zero-order chi connectivity index (χ0) is 74.2. The third kappa shape index (κ3) is 76.1. The van der Waals surface area contributed by atoms with Gasteiger partial charge in [-0.25, -0.2) is 9.13 Å². The highest BCUT2D eigenvalue weighted by Crippen LogP contribution is 2.45. The molecule has 0 aliphatic rings. The van der Waals surface area contributed by atoms with Crippen molar-refractivity contribution in [2.75, 3.05) is 39.6 Å². The Labute approximate surface area is 619 Å². The second-order valence-electron chi connectivity index (χ2n) is 30.5. The molecule has 0 spiro atoms. The van der Waals surface area contributed by atoms with Crippen LogP contribution in [0.2, 0.25) is 0 Å². The number of hydrogen-bond acceptors (Lipinski definition) is 15. The van der Waals surface area contributed by atoms with Gasteiger partial charge in [-0.05, 0) is 37.5 Å². The van der Waals surface area contributed by atoms with E-state index >= 15 is 0 Å². The summed E-state index contributed by atoms with van der Waals surface area (Å²) in [6.45, 7) is 9.63. The van der Waals surface area contributed by atoms with Gasteiger partial charge in [-0.3, -0.25) is 37.3 Å². The van der Waals surface area contributed by atoms with Crippen LogP contribution in [0.4, 0.5) is 0 Å². The fraction of sp³-hybridized carbons (Fsp3) is 0.951. The summed E-state index contributed by atoms with van der Waals surface area (Å²) in [6.07, 6.45) is 64.1. The molecule has 101 heavy (non-hydrogen) atoms. The van der Waals surface area contributed by atoms with Crippen LogP contribution in [0.5, 0.6) is 0 Å². The number of phosphoric ester groups is 2. The Hall–Kier alpha value is -1.94. The summed E-state index contributed by atoms with van der Waals surface area (Å²) in [4.78, 5) is 72.9. The zero-order valence-corrected chi connectivity index (χ0v) is 68.0. The molecule has 19 heteroatoms. The molecule has 600 valence electrons. The van der Waals surface area contributed by atoms with Crippen molar-refractivity contribution in [1.82, 2.24) is 0 Å². The van der Waals surface area contributed by atoms with E-state index in [0.29, 0.717) is 25.7 Å². The third-order valence-corrected chi connectivity index (χ3v) is 21.1. The SMILES string of the molecule is CCCCCCCCCCCCCCCCCCCCCCCC(=O)O[C@H](COC(=O)CCCCCCCCCCCCCCCCCCC(C)C)COP(=O)(O)OC[C@@H](O)COP(=O)(O)OC[C@@H](COC(=O)CCCCCCCCCC)OC(=O)CCCCCCCCCCCCC(C)C. The van der Waals surface area contributed by atoms with E-state index in [9.17, 15) is 43.2 Å². The van der Waals surface area contributed by atoms with Gasteiger partial charge >= 0.3 is 39.5 Å². The number of ether oxygens (including phenoxy) is 4. The van der Waals surface area contributed by atoms with Gasteiger partial charge in [-0.1, -0.05) is 382 Å². The predicted octanol–water partition coefficient (Wildman–Crippen LogP) is 24.7. The average Bonchev–Trinajstić information content (AvgIpc) is 0.981. The van der Waals surface area contributed by atoms with Gasteiger partial charge in [-0.15, -0.1) is 0 Å². The van der Waals surface area contributed by atoms with Crippen LogP contribution in [0, 0.1) is 11.8 Å². The maximum Gasteiger partial charge on any atom is 0.472 e. The van der Waals surface area contributed by atoms with E-state index in [1.807, 2.05) is 0 Å². The smallest absolute Gasteiger partial charge is 0.462 e. The van der Waals surface area contributed by atoms with Crippen LogP contribution < -0.4 is 0 Å². The minimum absolute atomic E-state index is 0.106.